The Hall–Kier alpha value is -0.870. The average Bonchev–Trinajstić information content (AvgIpc) is 2.83. The maximum atomic E-state index is 5.51. The highest BCUT2D eigenvalue weighted by Gasteiger charge is 2.23. The van der Waals surface area contributed by atoms with Gasteiger partial charge in [0.2, 0.25) is 0 Å². The number of rotatable bonds is 4. The first-order chi connectivity index (χ1) is 7.66. The van der Waals surface area contributed by atoms with Gasteiger partial charge in [0, 0.05) is 37.0 Å². The van der Waals surface area contributed by atoms with Gasteiger partial charge in [0.15, 0.2) is 0 Å². The third kappa shape index (κ3) is 2.62. The molecule has 90 valence electrons. The predicted molar refractivity (Wildman–Crippen MR) is 63.3 cm³/mol. The van der Waals surface area contributed by atoms with Gasteiger partial charge < -0.3 is 10.1 Å². The van der Waals surface area contributed by atoms with Crippen LogP contribution in [0.2, 0.25) is 0 Å². The van der Waals surface area contributed by atoms with Gasteiger partial charge in [0.25, 0.3) is 0 Å². The zero-order valence-electron chi connectivity index (χ0n) is 10.3. The second-order valence-electron chi connectivity index (χ2n) is 4.77. The Kier molecular flexibility index (Phi) is 3.61. The van der Waals surface area contributed by atoms with Crippen LogP contribution in [0.5, 0.6) is 0 Å². The van der Waals surface area contributed by atoms with Crippen LogP contribution in [0.15, 0.2) is 12.4 Å². The lowest BCUT2D eigenvalue weighted by atomic mass is 10.1. The van der Waals surface area contributed by atoms with Crippen LogP contribution in [-0.4, -0.2) is 28.5 Å². The highest BCUT2D eigenvalue weighted by Crippen LogP contribution is 2.13. The molecule has 1 aromatic heterocycles. The van der Waals surface area contributed by atoms with E-state index in [0.717, 1.165) is 19.6 Å². The number of aromatic nitrogens is 2. The minimum Gasteiger partial charge on any atom is -0.377 e. The fourth-order valence-corrected chi connectivity index (χ4v) is 2.00. The van der Waals surface area contributed by atoms with Crippen LogP contribution in [0.1, 0.15) is 38.8 Å². The molecule has 2 rings (SSSR count). The summed E-state index contributed by atoms with van der Waals surface area (Å²) in [5.41, 5.74) is 1.24. The van der Waals surface area contributed by atoms with Gasteiger partial charge >= 0.3 is 0 Å². The molecule has 4 heteroatoms. The van der Waals surface area contributed by atoms with E-state index in [1.807, 2.05) is 10.9 Å². The maximum absolute atomic E-state index is 5.51. The van der Waals surface area contributed by atoms with E-state index in [0.29, 0.717) is 18.2 Å². The molecule has 2 unspecified atom stereocenters. The van der Waals surface area contributed by atoms with Crippen molar-refractivity contribution in [2.75, 3.05) is 6.61 Å². The van der Waals surface area contributed by atoms with E-state index in [2.05, 4.69) is 37.4 Å². The predicted octanol–water partition coefficient (Wildman–Crippen LogP) is 1.73. The van der Waals surface area contributed by atoms with Gasteiger partial charge in [-0.2, -0.15) is 5.10 Å². The van der Waals surface area contributed by atoms with E-state index in [-0.39, 0.29) is 0 Å². The van der Waals surface area contributed by atoms with Crippen LogP contribution >= 0.6 is 0 Å². The summed E-state index contributed by atoms with van der Waals surface area (Å²) < 4.78 is 7.51. The summed E-state index contributed by atoms with van der Waals surface area (Å²) in [6, 6.07) is 0.921. The normalized spacial score (nSPS) is 25.5. The van der Waals surface area contributed by atoms with Crippen LogP contribution < -0.4 is 5.32 Å². The van der Waals surface area contributed by atoms with Gasteiger partial charge in [-0.1, -0.05) is 0 Å². The molecule has 4 nitrogen and oxygen atoms in total. The maximum Gasteiger partial charge on any atom is 0.0700 e. The van der Waals surface area contributed by atoms with Gasteiger partial charge in [-0.3, -0.25) is 4.68 Å². The molecule has 16 heavy (non-hydrogen) atoms. The van der Waals surface area contributed by atoms with Crippen molar-refractivity contribution in [3.8, 4) is 0 Å². The second kappa shape index (κ2) is 4.97. The van der Waals surface area contributed by atoms with Crippen LogP contribution in [0.4, 0.5) is 0 Å². The molecular formula is C12H21N3O. The molecule has 0 aliphatic carbocycles. The highest BCUT2D eigenvalue weighted by atomic mass is 16.5. The number of hydrogen-bond donors (Lipinski definition) is 1. The lowest BCUT2D eigenvalue weighted by molar-refractivity contribution is 0.113. The van der Waals surface area contributed by atoms with E-state index < -0.39 is 0 Å². The molecule has 1 N–H and O–H groups in total. The quantitative estimate of drug-likeness (QED) is 0.845. The molecule has 0 bridgehead atoms. The van der Waals surface area contributed by atoms with Crippen molar-refractivity contribution in [3.05, 3.63) is 18.0 Å². The SMILES string of the molecule is CC1OCCC1NCc1cnn(C(C)C)c1. The molecule has 0 amide bonds. The van der Waals surface area contributed by atoms with E-state index in [1.165, 1.54) is 5.56 Å². The Labute approximate surface area is 97.0 Å². The van der Waals surface area contributed by atoms with Gasteiger partial charge in [0.05, 0.1) is 12.3 Å². The topological polar surface area (TPSA) is 39.1 Å². The van der Waals surface area contributed by atoms with E-state index >= 15 is 0 Å². The molecule has 1 saturated heterocycles. The van der Waals surface area contributed by atoms with E-state index in [1.54, 1.807) is 0 Å². The van der Waals surface area contributed by atoms with Gasteiger partial charge in [-0.15, -0.1) is 0 Å². The Bertz CT molecular complexity index is 335. The third-order valence-corrected chi connectivity index (χ3v) is 3.13. The average molecular weight is 223 g/mol. The molecule has 0 aromatic carbocycles. The highest BCUT2D eigenvalue weighted by molar-refractivity contribution is 5.04. The summed E-state index contributed by atoms with van der Waals surface area (Å²) in [5.74, 6) is 0. The number of ether oxygens (including phenoxy) is 1. The first-order valence-electron chi connectivity index (χ1n) is 6.05. The van der Waals surface area contributed by atoms with Crippen molar-refractivity contribution < 1.29 is 4.74 Å². The summed E-state index contributed by atoms with van der Waals surface area (Å²) in [6.07, 6.45) is 5.49. The van der Waals surface area contributed by atoms with Gasteiger partial charge in [-0.25, -0.2) is 0 Å². The molecule has 0 spiro atoms. The minimum atomic E-state index is 0.333. The lowest BCUT2D eigenvalue weighted by Crippen LogP contribution is -2.34. The third-order valence-electron chi connectivity index (χ3n) is 3.13. The Morgan fingerprint density at radius 1 is 1.62 bits per heavy atom. The summed E-state index contributed by atoms with van der Waals surface area (Å²) in [5, 5.41) is 7.85. The zero-order valence-corrected chi connectivity index (χ0v) is 10.3. The van der Waals surface area contributed by atoms with Crippen molar-refractivity contribution in [1.82, 2.24) is 15.1 Å². The fourth-order valence-electron chi connectivity index (χ4n) is 2.00. The number of hydrogen-bond acceptors (Lipinski definition) is 3. The molecular weight excluding hydrogens is 202 g/mol. The van der Waals surface area contributed by atoms with Gasteiger partial charge in [-0.05, 0) is 27.2 Å². The van der Waals surface area contributed by atoms with Crippen molar-refractivity contribution in [1.29, 1.82) is 0 Å². The largest absolute Gasteiger partial charge is 0.377 e. The minimum absolute atomic E-state index is 0.333. The smallest absolute Gasteiger partial charge is 0.0700 e. The summed E-state index contributed by atoms with van der Waals surface area (Å²) in [7, 11) is 0. The van der Waals surface area contributed by atoms with E-state index in [4.69, 9.17) is 4.74 Å². The monoisotopic (exact) mass is 223 g/mol. The summed E-state index contributed by atoms with van der Waals surface area (Å²) in [4.78, 5) is 0. The molecule has 2 heterocycles. The molecule has 0 saturated carbocycles. The molecule has 2 atom stereocenters. The van der Waals surface area contributed by atoms with Gasteiger partial charge in [0.1, 0.15) is 0 Å². The van der Waals surface area contributed by atoms with Crippen molar-refractivity contribution >= 4 is 0 Å². The fraction of sp³-hybridized carbons (Fsp3) is 0.750. The first kappa shape index (κ1) is 11.6. The molecule has 1 aliphatic heterocycles. The Morgan fingerprint density at radius 2 is 2.44 bits per heavy atom. The number of nitrogens with zero attached hydrogens (tertiary/aromatic N) is 2. The number of nitrogens with one attached hydrogen (secondary N) is 1. The van der Waals surface area contributed by atoms with Crippen molar-refractivity contribution in [3.63, 3.8) is 0 Å². The van der Waals surface area contributed by atoms with Crippen LogP contribution in [0, 0.1) is 0 Å². The molecule has 0 radical (unpaired) electrons. The first-order valence-corrected chi connectivity index (χ1v) is 6.05. The Morgan fingerprint density at radius 3 is 3.00 bits per heavy atom. The van der Waals surface area contributed by atoms with Crippen LogP contribution in [-0.2, 0) is 11.3 Å². The van der Waals surface area contributed by atoms with Crippen LogP contribution in [0.3, 0.4) is 0 Å². The van der Waals surface area contributed by atoms with Crippen LogP contribution in [0.25, 0.3) is 0 Å². The van der Waals surface area contributed by atoms with E-state index in [9.17, 15) is 0 Å². The molecule has 1 aliphatic rings. The molecule has 1 fully saturated rings. The summed E-state index contributed by atoms with van der Waals surface area (Å²) in [6.45, 7) is 8.16. The lowest BCUT2D eigenvalue weighted by Gasteiger charge is -2.15. The summed E-state index contributed by atoms with van der Waals surface area (Å²) >= 11 is 0. The van der Waals surface area contributed by atoms with Crippen molar-refractivity contribution in [2.45, 2.75) is 51.9 Å². The molecule has 1 aromatic rings. The van der Waals surface area contributed by atoms with Crippen molar-refractivity contribution in [2.24, 2.45) is 0 Å². The second-order valence-corrected chi connectivity index (χ2v) is 4.77. The Balaban J connectivity index is 1.84. The standard InChI is InChI=1S/C12H21N3O/c1-9(2)15-8-11(7-14-15)6-13-12-4-5-16-10(12)3/h7-10,12-13H,4-6H2,1-3H3. The zero-order chi connectivity index (χ0) is 11.5.